The van der Waals surface area contributed by atoms with Gasteiger partial charge in [-0.05, 0) is 13.3 Å². The number of hydrogen-bond acceptors (Lipinski definition) is 4. The number of rotatable bonds is 4. The van der Waals surface area contributed by atoms with Gasteiger partial charge in [0.05, 0.1) is 25.0 Å². The molecule has 0 bridgehead atoms. The highest BCUT2D eigenvalue weighted by Crippen LogP contribution is 2.02. The molecular weight excluding hydrogens is 220 g/mol. The number of hydrogen-bond donors (Lipinski definition) is 0. The summed E-state index contributed by atoms with van der Waals surface area (Å²) in [5.41, 5.74) is 0. The summed E-state index contributed by atoms with van der Waals surface area (Å²) in [5.74, 6) is -0.256. The monoisotopic (exact) mass is 246 g/mol. The summed E-state index contributed by atoms with van der Waals surface area (Å²) in [6.07, 6.45) is 0.952. The standard InChI is InChI=1S/C8H16O2.C5H10O2/c1-5-7(4)10-8(9)6(2)3;1-4(2)5(6)7-3/h6-7H,5H2,1-4H3;4H,1-3H3. The topological polar surface area (TPSA) is 52.6 Å². The predicted molar refractivity (Wildman–Crippen MR) is 67.5 cm³/mol. The van der Waals surface area contributed by atoms with Crippen molar-refractivity contribution in [1.29, 1.82) is 0 Å². The minimum Gasteiger partial charge on any atom is -0.469 e. The Morgan fingerprint density at radius 2 is 1.35 bits per heavy atom. The van der Waals surface area contributed by atoms with Gasteiger partial charge in [0.25, 0.3) is 0 Å². The van der Waals surface area contributed by atoms with Gasteiger partial charge in [0.1, 0.15) is 0 Å². The van der Waals surface area contributed by atoms with Crippen LogP contribution in [-0.2, 0) is 19.1 Å². The molecule has 0 aliphatic rings. The molecule has 1 atom stereocenters. The summed E-state index contributed by atoms with van der Waals surface area (Å²) in [4.78, 5) is 21.2. The second kappa shape index (κ2) is 10.1. The largest absolute Gasteiger partial charge is 0.469 e. The van der Waals surface area contributed by atoms with Gasteiger partial charge in [0.2, 0.25) is 0 Å². The molecule has 4 heteroatoms. The molecule has 0 radical (unpaired) electrons. The van der Waals surface area contributed by atoms with E-state index in [-0.39, 0.29) is 29.9 Å². The lowest BCUT2D eigenvalue weighted by Crippen LogP contribution is -2.18. The summed E-state index contributed by atoms with van der Waals surface area (Å²) >= 11 is 0. The van der Waals surface area contributed by atoms with Gasteiger partial charge in [-0.25, -0.2) is 0 Å². The Kier molecular flexibility index (Phi) is 10.9. The van der Waals surface area contributed by atoms with Gasteiger partial charge in [-0.3, -0.25) is 9.59 Å². The summed E-state index contributed by atoms with van der Waals surface area (Å²) < 4.78 is 9.39. The molecule has 0 aromatic heterocycles. The van der Waals surface area contributed by atoms with Crippen LogP contribution in [-0.4, -0.2) is 25.2 Å². The van der Waals surface area contributed by atoms with Crippen LogP contribution in [0, 0.1) is 11.8 Å². The Morgan fingerprint density at radius 3 is 1.53 bits per heavy atom. The Hall–Kier alpha value is -1.06. The summed E-state index contributed by atoms with van der Waals surface area (Å²) in [6.45, 7) is 11.2. The fourth-order valence-electron chi connectivity index (χ4n) is 0.653. The fourth-order valence-corrected chi connectivity index (χ4v) is 0.653. The fraction of sp³-hybridized carbons (Fsp3) is 0.846. The van der Waals surface area contributed by atoms with Gasteiger partial charge >= 0.3 is 11.9 Å². The molecule has 0 fully saturated rings. The van der Waals surface area contributed by atoms with Crippen molar-refractivity contribution in [3.8, 4) is 0 Å². The molecule has 0 aromatic rings. The molecule has 0 amide bonds. The minimum atomic E-state index is -0.153. The number of carbonyl (C=O) groups excluding carboxylic acids is 2. The van der Waals surface area contributed by atoms with Crippen molar-refractivity contribution >= 4 is 11.9 Å². The number of carbonyl (C=O) groups is 2. The average molecular weight is 246 g/mol. The Morgan fingerprint density at radius 1 is 0.941 bits per heavy atom. The molecule has 0 spiro atoms. The normalized spacial score (nSPS) is 11.6. The smallest absolute Gasteiger partial charge is 0.308 e. The van der Waals surface area contributed by atoms with Crippen LogP contribution in [0.15, 0.2) is 0 Å². The first-order valence-electron chi connectivity index (χ1n) is 6.04. The molecule has 102 valence electrons. The first-order chi connectivity index (χ1) is 7.76. The number of methoxy groups -OCH3 is 1. The van der Waals surface area contributed by atoms with Gasteiger partial charge in [0.15, 0.2) is 0 Å². The molecule has 0 N–H and O–H groups in total. The van der Waals surface area contributed by atoms with E-state index >= 15 is 0 Å². The molecule has 0 rings (SSSR count). The molecule has 0 aromatic carbocycles. The van der Waals surface area contributed by atoms with Crippen LogP contribution in [0.5, 0.6) is 0 Å². The van der Waals surface area contributed by atoms with Crippen molar-refractivity contribution < 1.29 is 19.1 Å². The first-order valence-corrected chi connectivity index (χ1v) is 6.04. The molecule has 0 heterocycles. The van der Waals surface area contributed by atoms with Gasteiger partial charge in [-0.1, -0.05) is 34.6 Å². The maximum Gasteiger partial charge on any atom is 0.308 e. The highest BCUT2D eigenvalue weighted by Gasteiger charge is 2.10. The molecule has 0 aliphatic carbocycles. The molecule has 1 unspecified atom stereocenters. The summed E-state index contributed by atoms with van der Waals surface area (Å²) in [7, 11) is 1.39. The third-order valence-corrected chi connectivity index (χ3v) is 2.04. The predicted octanol–water partition coefficient (Wildman–Crippen LogP) is 2.80. The van der Waals surface area contributed by atoms with Gasteiger partial charge in [-0.15, -0.1) is 0 Å². The van der Waals surface area contributed by atoms with Crippen LogP contribution in [0.2, 0.25) is 0 Å². The zero-order chi connectivity index (χ0) is 14.0. The summed E-state index contributed by atoms with van der Waals surface area (Å²) in [5, 5.41) is 0. The van der Waals surface area contributed by atoms with Crippen LogP contribution in [0.1, 0.15) is 48.0 Å². The van der Waals surface area contributed by atoms with Crippen molar-refractivity contribution in [2.24, 2.45) is 11.8 Å². The van der Waals surface area contributed by atoms with Crippen LogP contribution in [0.25, 0.3) is 0 Å². The third-order valence-electron chi connectivity index (χ3n) is 2.04. The number of esters is 2. The minimum absolute atomic E-state index is 0.00463. The maximum atomic E-state index is 10.9. The van der Waals surface area contributed by atoms with E-state index in [2.05, 4.69) is 4.74 Å². The van der Waals surface area contributed by atoms with Crippen molar-refractivity contribution in [3.05, 3.63) is 0 Å². The molecular formula is C13H26O4. The van der Waals surface area contributed by atoms with E-state index in [1.165, 1.54) is 7.11 Å². The van der Waals surface area contributed by atoms with E-state index in [9.17, 15) is 9.59 Å². The third kappa shape index (κ3) is 11.2. The van der Waals surface area contributed by atoms with E-state index in [1.54, 1.807) is 13.8 Å². The van der Waals surface area contributed by atoms with E-state index in [1.807, 2.05) is 27.7 Å². The van der Waals surface area contributed by atoms with E-state index in [0.29, 0.717) is 0 Å². The van der Waals surface area contributed by atoms with Crippen LogP contribution in [0.4, 0.5) is 0 Å². The second-order valence-corrected chi connectivity index (χ2v) is 4.49. The lowest BCUT2D eigenvalue weighted by Gasteiger charge is -2.11. The van der Waals surface area contributed by atoms with E-state index < -0.39 is 0 Å². The second-order valence-electron chi connectivity index (χ2n) is 4.49. The molecule has 0 saturated carbocycles. The summed E-state index contributed by atoms with van der Waals surface area (Å²) in [6, 6.07) is 0. The van der Waals surface area contributed by atoms with Crippen molar-refractivity contribution in [2.75, 3.05) is 7.11 Å². The molecule has 0 saturated heterocycles. The molecule has 17 heavy (non-hydrogen) atoms. The van der Waals surface area contributed by atoms with E-state index in [4.69, 9.17) is 4.74 Å². The van der Waals surface area contributed by atoms with Crippen molar-refractivity contribution in [2.45, 2.75) is 54.1 Å². The van der Waals surface area contributed by atoms with Crippen LogP contribution < -0.4 is 0 Å². The maximum absolute atomic E-state index is 10.9. The van der Waals surface area contributed by atoms with E-state index in [0.717, 1.165) is 6.42 Å². The van der Waals surface area contributed by atoms with Gasteiger partial charge in [0, 0.05) is 0 Å². The lowest BCUT2D eigenvalue weighted by atomic mass is 10.2. The lowest BCUT2D eigenvalue weighted by molar-refractivity contribution is -0.152. The van der Waals surface area contributed by atoms with Crippen molar-refractivity contribution in [1.82, 2.24) is 0 Å². The van der Waals surface area contributed by atoms with Crippen LogP contribution >= 0.6 is 0 Å². The quantitative estimate of drug-likeness (QED) is 0.716. The Balaban J connectivity index is 0. The molecule has 0 aliphatic heterocycles. The van der Waals surface area contributed by atoms with Crippen LogP contribution in [0.3, 0.4) is 0 Å². The zero-order valence-corrected chi connectivity index (χ0v) is 12.1. The average Bonchev–Trinajstić information content (AvgIpc) is 2.28. The van der Waals surface area contributed by atoms with Crippen molar-refractivity contribution in [3.63, 3.8) is 0 Å². The SMILES string of the molecule is CCC(C)OC(=O)C(C)C.COC(=O)C(C)C. The number of ether oxygens (including phenoxy) is 2. The first kappa shape index (κ1) is 18.3. The highest BCUT2D eigenvalue weighted by molar-refractivity contribution is 5.71. The Labute approximate surface area is 105 Å². The van der Waals surface area contributed by atoms with Gasteiger partial charge < -0.3 is 9.47 Å². The Bertz CT molecular complexity index is 221. The zero-order valence-electron chi connectivity index (χ0n) is 12.1. The highest BCUT2D eigenvalue weighted by atomic mass is 16.5. The van der Waals surface area contributed by atoms with Gasteiger partial charge in [-0.2, -0.15) is 0 Å². The molecule has 4 nitrogen and oxygen atoms in total.